The fraction of sp³-hybridized carbons (Fsp3) is 0.400. The largest absolute Gasteiger partial charge is 0.357 e. The number of hydrogen-bond acceptors (Lipinski definition) is 3. The molecule has 1 aromatic carbocycles. The van der Waals surface area contributed by atoms with Crippen molar-refractivity contribution in [3.63, 3.8) is 0 Å². The van der Waals surface area contributed by atoms with Crippen LogP contribution in [0.15, 0.2) is 30.5 Å². The topological polar surface area (TPSA) is 77.2 Å². The van der Waals surface area contributed by atoms with Crippen molar-refractivity contribution in [2.45, 2.75) is 31.8 Å². The molecule has 0 atom stereocenters. The average molecular weight is 370 g/mol. The first kappa shape index (κ1) is 17.7. The molecule has 2 aliphatic heterocycles. The van der Waals surface area contributed by atoms with Gasteiger partial charge in [-0.2, -0.15) is 0 Å². The predicted molar refractivity (Wildman–Crippen MR) is 99.0 cm³/mol. The number of halogens is 1. The molecular weight excluding hydrogens is 347 g/mol. The fourth-order valence-corrected chi connectivity index (χ4v) is 3.90. The van der Waals surface area contributed by atoms with Crippen molar-refractivity contribution >= 4 is 11.8 Å². The number of aromatic amines is 1. The third-order valence-electron chi connectivity index (χ3n) is 5.42. The number of carbonyl (C=O) groups excluding carboxylic acids is 2. The summed E-state index contributed by atoms with van der Waals surface area (Å²) in [6.45, 7) is 2.39. The maximum absolute atomic E-state index is 14.0. The standard InChI is InChI=1S/C20H23FN4O2/c21-17-4-3-15(14-5-9-22-12-16(14)17)20(27)25-10-6-13(7-11-25)24-19(26)18-2-1-8-23-18/h1-4,8,13,22-23H,5-7,9-12H2,(H,24,26). The van der Waals surface area contributed by atoms with Gasteiger partial charge in [0.1, 0.15) is 11.5 Å². The van der Waals surface area contributed by atoms with Crippen molar-refractivity contribution < 1.29 is 14.0 Å². The highest BCUT2D eigenvalue weighted by atomic mass is 19.1. The van der Waals surface area contributed by atoms with E-state index < -0.39 is 0 Å². The molecule has 6 nitrogen and oxygen atoms in total. The molecule has 0 unspecified atom stereocenters. The number of H-pyrrole nitrogens is 1. The third-order valence-corrected chi connectivity index (χ3v) is 5.42. The van der Waals surface area contributed by atoms with E-state index in [1.165, 1.54) is 6.07 Å². The number of likely N-dealkylation sites (tertiary alicyclic amines) is 1. The number of carbonyl (C=O) groups is 2. The lowest BCUT2D eigenvalue weighted by atomic mass is 9.93. The molecule has 4 rings (SSSR count). The summed E-state index contributed by atoms with van der Waals surface area (Å²) in [4.78, 5) is 29.8. The number of rotatable bonds is 3. The van der Waals surface area contributed by atoms with Crippen molar-refractivity contribution in [1.29, 1.82) is 0 Å². The second-order valence-corrected chi connectivity index (χ2v) is 7.10. The Balaban J connectivity index is 1.40. The van der Waals surface area contributed by atoms with Crippen LogP contribution in [0.2, 0.25) is 0 Å². The summed E-state index contributed by atoms with van der Waals surface area (Å²) >= 11 is 0. The average Bonchev–Trinajstić information content (AvgIpc) is 3.24. The van der Waals surface area contributed by atoms with Gasteiger partial charge in [-0.15, -0.1) is 0 Å². The van der Waals surface area contributed by atoms with Gasteiger partial charge in [0.25, 0.3) is 11.8 Å². The zero-order valence-electron chi connectivity index (χ0n) is 15.1. The van der Waals surface area contributed by atoms with E-state index in [0.717, 1.165) is 12.1 Å². The highest BCUT2D eigenvalue weighted by molar-refractivity contribution is 5.96. The normalized spacial score (nSPS) is 17.4. The first-order chi connectivity index (χ1) is 13.1. The Labute approximate surface area is 157 Å². The first-order valence-electron chi connectivity index (χ1n) is 9.38. The Hall–Kier alpha value is -2.67. The third kappa shape index (κ3) is 3.60. The molecule has 1 saturated heterocycles. The zero-order chi connectivity index (χ0) is 18.8. The summed E-state index contributed by atoms with van der Waals surface area (Å²) in [5.41, 5.74) is 2.60. The number of amides is 2. The monoisotopic (exact) mass is 370 g/mol. The Morgan fingerprint density at radius 1 is 1.15 bits per heavy atom. The molecule has 0 aliphatic carbocycles. The molecule has 1 aromatic heterocycles. The molecule has 7 heteroatoms. The van der Waals surface area contributed by atoms with Gasteiger partial charge in [-0.1, -0.05) is 0 Å². The number of fused-ring (bicyclic) bond motifs is 1. The van der Waals surface area contributed by atoms with Gasteiger partial charge < -0.3 is 20.5 Å². The number of piperidine rings is 1. The molecule has 1 fully saturated rings. The van der Waals surface area contributed by atoms with E-state index in [2.05, 4.69) is 15.6 Å². The Morgan fingerprint density at radius 3 is 2.70 bits per heavy atom. The number of benzene rings is 1. The number of hydrogen-bond donors (Lipinski definition) is 3. The summed E-state index contributed by atoms with van der Waals surface area (Å²) in [5, 5.41) is 6.17. The van der Waals surface area contributed by atoms with E-state index in [1.807, 2.05) is 4.90 Å². The van der Waals surface area contributed by atoms with E-state index >= 15 is 0 Å². The maximum atomic E-state index is 14.0. The minimum Gasteiger partial charge on any atom is -0.357 e. The molecule has 3 heterocycles. The Morgan fingerprint density at radius 2 is 1.96 bits per heavy atom. The summed E-state index contributed by atoms with van der Waals surface area (Å²) in [6.07, 6.45) is 3.80. The number of aromatic nitrogens is 1. The van der Waals surface area contributed by atoms with Gasteiger partial charge in [-0.3, -0.25) is 9.59 Å². The van der Waals surface area contributed by atoms with Crippen LogP contribution in [0.5, 0.6) is 0 Å². The molecule has 0 radical (unpaired) electrons. The van der Waals surface area contributed by atoms with E-state index in [4.69, 9.17) is 0 Å². The molecular formula is C20H23FN4O2. The van der Waals surface area contributed by atoms with Crippen LogP contribution in [0.1, 0.15) is 44.8 Å². The molecule has 2 aliphatic rings. The molecule has 27 heavy (non-hydrogen) atoms. The van der Waals surface area contributed by atoms with Crippen LogP contribution < -0.4 is 10.6 Å². The van der Waals surface area contributed by atoms with Gasteiger partial charge >= 0.3 is 0 Å². The van der Waals surface area contributed by atoms with Crippen molar-refractivity contribution in [1.82, 2.24) is 20.5 Å². The van der Waals surface area contributed by atoms with Crippen molar-refractivity contribution in [2.75, 3.05) is 19.6 Å². The van der Waals surface area contributed by atoms with E-state index in [-0.39, 0.29) is 23.7 Å². The van der Waals surface area contributed by atoms with Gasteiger partial charge in [0, 0.05) is 43.0 Å². The Bertz CT molecular complexity index is 842. The van der Waals surface area contributed by atoms with Gasteiger partial charge in [-0.25, -0.2) is 4.39 Å². The quantitative estimate of drug-likeness (QED) is 0.772. The Kier molecular flexibility index (Phi) is 4.94. The lowest BCUT2D eigenvalue weighted by molar-refractivity contribution is 0.0696. The van der Waals surface area contributed by atoms with Crippen molar-refractivity contribution in [3.05, 3.63) is 58.7 Å². The van der Waals surface area contributed by atoms with Crippen LogP contribution >= 0.6 is 0 Å². The van der Waals surface area contributed by atoms with Crippen LogP contribution in [0.4, 0.5) is 4.39 Å². The molecule has 0 spiro atoms. The lowest BCUT2D eigenvalue weighted by Gasteiger charge is -2.33. The smallest absolute Gasteiger partial charge is 0.267 e. The van der Waals surface area contributed by atoms with Crippen LogP contribution in [0.3, 0.4) is 0 Å². The molecule has 3 N–H and O–H groups in total. The van der Waals surface area contributed by atoms with Crippen LogP contribution in [0.25, 0.3) is 0 Å². The first-order valence-corrected chi connectivity index (χ1v) is 9.38. The van der Waals surface area contributed by atoms with Crippen LogP contribution in [-0.4, -0.2) is 47.4 Å². The minimum atomic E-state index is -0.250. The van der Waals surface area contributed by atoms with Gasteiger partial charge in [0.05, 0.1) is 0 Å². The minimum absolute atomic E-state index is 0.0395. The molecule has 0 saturated carbocycles. The lowest BCUT2D eigenvalue weighted by Crippen LogP contribution is -2.47. The van der Waals surface area contributed by atoms with Crippen LogP contribution in [-0.2, 0) is 13.0 Å². The van der Waals surface area contributed by atoms with E-state index in [1.54, 1.807) is 24.4 Å². The SMILES string of the molecule is O=C(NC1CCN(C(=O)c2ccc(F)c3c2CCNC3)CC1)c1ccc[nH]1. The van der Waals surface area contributed by atoms with E-state index in [9.17, 15) is 14.0 Å². The van der Waals surface area contributed by atoms with Gasteiger partial charge in [0.2, 0.25) is 0 Å². The molecule has 0 bridgehead atoms. The van der Waals surface area contributed by atoms with Crippen molar-refractivity contribution in [3.8, 4) is 0 Å². The summed E-state index contributed by atoms with van der Waals surface area (Å²) < 4.78 is 14.0. The summed E-state index contributed by atoms with van der Waals surface area (Å²) in [5.74, 6) is -0.410. The molecule has 2 amide bonds. The van der Waals surface area contributed by atoms with Crippen LogP contribution in [0, 0.1) is 5.82 Å². The number of nitrogens with one attached hydrogen (secondary N) is 3. The van der Waals surface area contributed by atoms with E-state index in [0.29, 0.717) is 55.7 Å². The zero-order valence-corrected chi connectivity index (χ0v) is 15.1. The van der Waals surface area contributed by atoms with Gasteiger partial charge in [-0.05, 0) is 55.6 Å². The summed E-state index contributed by atoms with van der Waals surface area (Å²) in [7, 11) is 0. The predicted octanol–water partition coefficient (Wildman–Crippen LogP) is 1.83. The van der Waals surface area contributed by atoms with Crippen molar-refractivity contribution in [2.24, 2.45) is 0 Å². The van der Waals surface area contributed by atoms with Gasteiger partial charge in [0.15, 0.2) is 0 Å². The maximum Gasteiger partial charge on any atom is 0.267 e. The second-order valence-electron chi connectivity index (χ2n) is 7.10. The highest BCUT2D eigenvalue weighted by Gasteiger charge is 2.28. The fourth-order valence-electron chi connectivity index (χ4n) is 3.90. The second kappa shape index (κ2) is 7.52. The summed E-state index contributed by atoms with van der Waals surface area (Å²) in [6, 6.07) is 6.58. The molecule has 2 aromatic rings. The highest BCUT2D eigenvalue weighted by Crippen LogP contribution is 2.24. The molecule has 142 valence electrons. The number of nitrogens with zero attached hydrogens (tertiary/aromatic N) is 1.